The van der Waals surface area contributed by atoms with Crippen molar-refractivity contribution in [3.05, 3.63) is 20.8 Å². The van der Waals surface area contributed by atoms with Gasteiger partial charge in [-0.3, -0.25) is 0 Å². The largest absolute Gasteiger partial charge is 0.382 e. The minimum Gasteiger partial charge on any atom is -0.382 e. The van der Waals surface area contributed by atoms with Crippen molar-refractivity contribution < 1.29 is 9.84 Å². The molecule has 1 N–H and O–H groups in total. The number of thiophene rings is 1. The highest BCUT2D eigenvalue weighted by Crippen LogP contribution is 2.41. The topological polar surface area (TPSA) is 29.5 Å². The molecule has 0 aliphatic rings. The standard InChI is InChI=1S/C10H15BrO2S/c1-9(2,13-4)10(3,12)8-7(11)5-6-14-8/h5-6,12H,1-4H3. The lowest BCUT2D eigenvalue weighted by Gasteiger charge is -2.38. The van der Waals surface area contributed by atoms with Crippen LogP contribution in [-0.4, -0.2) is 17.8 Å². The summed E-state index contributed by atoms with van der Waals surface area (Å²) in [6, 6.07) is 1.93. The third-order valence-corrected chi connectivity index (χ3v) is 4.79. The zero-order chi connectivity index (χ0) is 11.0. The molecule has 1 aromatic heterocycles. The van der Waals surface area contributed by atoms with Crippen LogP contribution in [0.3, 0.4) is 0 Å². The molecular formula is C10H15BrO2S. The predicted octanol–water partition coefficient (Wildman–Crippen LogP) is 3.14. The van der Waals surface area contributed by atoms with Gasteiger partial charge >= 0.3 is 0 Å². The molecule has 0 fully saturated rings. The number of hydrogen-bond acceptors (Lipinski definition) is 3. The normalized spacial score (nSPS) is 16.7. The van der Waals surface area contributed by atoms with Gasteiger partial charge in [0.15, 0.2) is 0 Å². The fourth-order valence-corrected chi connectivity index (χ4v) is 3.08. The van der Waals surface area contributed by atoms with Crippen LogP contribution in [0.25, 0.3) is 0 Å². The van der Waals surface area contributed by atoms with Gasteiger partial charge in [0.2, 0.25) is 0 Å². The molecule has 0 amide bonds. The minimum atomic E-state index is -0.991. The van der Waals surface area contributed by atoms with Gasteiger partial charge in [0.25, 0.3) is 0 Å². The number of halogens is 1. The van der Waals surface area contributed by atoms with Gasteiger partial charge in [0.1, 0.15) is 5.60 Å². The molecule has 1 rings (SSSR count). The quantitative estimate of drug-likeness (QED) is 0.921. The second-order valence-electron chi connectivity index (χ2n) is 3.88. The first kappa shape index (κ1) is 12.2. The molecule has 0 saturated heterocycles. The molecule has 80 valence electrons. The van der Waals surface area contributed by atoms with Crippen LogP contribution < -0.4 is 0 Å². The first-order valence-electron chi connectivity index (χ1n) is 4.34. The zero-order valence-corrected chi connectivity index (χ0v) is 11.2. The summed E-state index contributed by atoms with van der Waals surface area (Å²) in [6.07, 6.45) is 0. The molecule has 4 heteroatoms. The van der Waals surface area contributed by atoms with Gasteiger partial charge < -0.3 is 9.84 Å². The van der Waals surface area contributed by atoms with E-state index in [2.05, 4.69) is 15.9 Å². The van der Waals surface area contributed by atoms with Crippen molar-refractivity contribution in [2.24, 2.45) is 0 Å². The molecule has 1 aromatic rings. The number of aliphatic hydroxyl groups is 1. The highest BCUT2D eigenvalue weighted by Gasteiger charge is 2.43. The maximum atomic E-state index is 10.4. The lowest BCUT2D eigenvalue weighted by Crippen LogP contribution is -2.46. The Labute approximate surface area is 97.0 Å². The Morgan fingerprint density at radius 3 is 2.36 bits per heavy atom. The Kier molecular flexibility index (Phi) is 3.41. The monoisotopic (exact) mass is 278 g/mol. The van der Waals surface area contributed by atoms with Gasteiger partial charge in [-0.1, -0.05) is 0 Å². The molecule has 1 heterocycles. The molecule has 2 nitrogen and oxygen atoms in total. The SMILES string of the molecule is COC(C)(C)C(C)(O)c1sccc1Br. The van der Waals surface area contributed by atoms with E-state index in [1.165, 1.54) is 11.3 Å². The van der Waals surface area contributed by atoms with Crippen molar-refractivity contribution >= 4 is 27.3 Å². The maximum absolute atomic E-state index is 10.4. The van der Waals surface area contributed by atoms with E-state index < -0.39 is 11.2 Å². The van der Waals surface area contributed by atoms with Crippen LogP contribution in [0.1, 0.15) is 25.6 Å². The lowest BCUT2D eigenvalue weighted by molar-refractivity contribution is -0.144. The Bertz CT molecular complexity index is 318. The van der Waals surface area contributed by atoms with Gasteiger partial charge in [-0.2, -0.15) is 0 Å². The maximum Gasteiger partial charge on any atom is 0.125 e. The predicted molar refractivity (Wildman–Crippen MR) is 62.7 cm³/mol. The van der Waals surface area contributed by atoms with Crippen LogP contribution in [0, 0.1) is 0 Å². The summed E-state index contributed by atoms with van der Waals surface area (Å²) < 4.78 is 6.25. The lowest BCUT2D eigenvalue weighted by atomic mass is 9.86. The van der Waals surface area contributed by atoms with Crippen molar-refractivity contribution in [3.63, 3.8) is 0 Å². The van der Waals surface area contributed by atoms with E-state index in [9.17, 15) is 5.11 Å². The summed E-state index contributed by atoms with van der Waals surface area (Å²) >= 11 is 4.94. The molecule has 0 bridgehead atoms. The first-order valence-corrected chi connectivity index (χ1v) is 6.01. The molecule has 14 heavy (non-hydrogen) atoms. The Balaban J connectivity index is 3.14. The van der Waals surface area contributed by atoms with Crippen LogP contribution in [0.2, 0.25) is 0 Å². The summed E-state index contributed by atoms with van der Waals surface area (Å²) in [7, 11) is 1.61. The average Bonchev–Trinajstić information content (AvgIpc) is 2.51. The molecule has 0 aromatic carbocycles. The molecule has 0 aliphatic carbocycles. The smallest absolute Gasteiger partial charge is 0.125 e. The van der Waals surface area contributed by atoms with Gasteiger partial charge in [-0.15, -0.1) is 11.3 Å². The van der Waals surface area contributed by atoms with Crippen molar-refractivity contribution in [2.75, 3.05) is 7.11 Å². The van der Waals surface area contributed by atoms with Gasteiger partial charge in [-0.05, 0) is 48.1 Å². The van der Waals surface area contributed by atoms with E-state index in [-0.39, 0.29) is 0 Å². The third-order valence-electron chi connectivity index (χ3n) is 2.74. The van der Waals surface area contributed by atoms with E-state index in [4.69, 9.17) is 4.74 Å². The van der Waals surface area contributed by atoms with Gasteiger partial charge in [-0.25, -0.2) is 0 Å². The van der Waals surface area contributed by atoms with E-state index in [0.29, 0.717) is 0 Å². The van der Waals surface area contributed by atoms with Crippen molar-refractivity contribution in [3.8, 4) is 0 Å². The third kappa shape index (κ3) is 1.89. The van der Waals surface area contributed by atoms with Crippen LogP contribution in [0.5, 0.6) is 0 Å². The summed E-state index contributed by atoms with van der Waals surface area (Å²) in [5, 5.41) is 12.4. The van der Waals surface area contributed by atoms with Crippen LogP contribution in [0.15, 0.2) is 15.9 Å². The van der Waals surface area contributed by atoms with Crippen molar-refractivity contribution in [2.45, 2.75) is 32.0 Å². The molecule has 0 radical (unpaired) electrons. The first-order chi connectivity index (χ1) is 6.33. The van der Waals surface area contributed by atoms with Crippen molar-refractivity contribution in [1.82, 2.24) is 0 Å². The molecule has 0 aliphatic heterocycles. The fraction of sp³-hybridized carbons (Fsp3) is 0.600. The number of ether oxygens (including phenoxy) is 1. The van der Waals surface area contributed by atoms with Crippen LogP contribution in [-0.2, 0) is 10.3 Å². The second kappa shape index (κ2) is 3.93. The van der Waals surface area contributed by atoms with Gasteiger partial charge in [0, 0.05) is 11.6 Å². The van der Waals surface area contributed by atoms with Crippen LogP contribution >= 0.6 is 27.3 Å². The minimum absolute atomic E-state index is 0.611. The summed E-state index contributed by atoms with van der Waals surface area (Å²) in [5.74, 6) is 0. The highest BCUT2D eigenvalue weighted by molar-refractivity contribution is 9.10. The molecule has 1 atom stereocenters. The number of hydrogen-bond donors (Lipinski definition) is 1. The van der Waals surface area contributed by atoms with E-state index in [1.807, 2.05) is 25.3 Å². The second-order valence-corrected chi connectivity index (χ2v) is 5.65. The molecule has 0 saturated carbocycles. The average molecular weight is 279 g/mol. The molecular weight excluding hydrogens is 264 g/mol. The molecule has 0 spiro atoms. The Hall–Kier alpha value is 0.100. The Morgan fingerprint density at radius 2 is 2.00 bits per heavy atom. The Morgan fingerprint density at radius 1 is 1.43 bits per heavy atom. The van der Waals surface area contributed by atoms with E-state index >= 15 is 0 Å². The van der Waals surface area contributed by atoms with Gasteiger partial charge in [0.05, 0.1) is 10.5 Å². The summed E-state index contributed by atoms with van der Waals surface area (Å²) in [6.45, 7) is 5.52. The number of methoxy groups -OCH3 is 1. The van der Waals surface area contributed by atoms with Crippen molar-refractivity contribution in [1.29, 1.82) is 0 Å². The summed E-state index contributed by atoms with van der Waals surface area (Å²) in [4.78, 5) is 0.893. The molecule has 1 unspecified atom stereocenters. The van der Waals surface area contributed by atoms with E-state index in [0.717, 1.165) is 9.35 Å². The highest BCUT2D eigenvalue weighted by atomic mass is 79.9. The fourth-order valence-electron chi connectivity index (χ4n) is 1.11. The summed E-state index contributed by atoms with van der Waals surface area (Å²) in [5.41, 5.74) is -1.60. The zero-order valence-electron chi connectivity index (χ0n) is 8.80. The van der Waals surface area contributed by atoms with Crippen LogP contribution in [0.4, 0.5) is 0 Å². The number of rotatable bonds is 3. The van der Waals surface area contributed by atoms with E-state index in [1.54, 1.807) is 14.0 Å².